The van der Waals surface area contributed by atoms with Crippen LogP contribution >= 0.6 is 11.3 Å². The van der Waals surface area contributed by atoms with Gasteiger partial charge in [0.2, 0.25) is 5.91 Å². The van der Waals surface area contributed by atoms with E-state index < -0.39 is 0 Å². The number of carbonyl (C=O) groups is 2. The first-order valence-corrected chi connectivity index (χ1v) is 9.18. The van der Waals surface area contributed by atoms with Crippen LogP contribution in [0.4, 0.5) is 5.82 Å². The summed E-state index contributed by atoms with van der Waals surface area (Å²) in [6.07, 6.45) is 1.06. The van der Waals surface area contributed by atoms with Crippen molar-refractivity contribution in [3.05, 3.63) is 70.0 Å². The molecule has 2 amide bonds. The van der Waals surface area contributed by atoms with Gasteiger partial charge in [-0.2, -0.15) is 5.10 Å². The summed E-state index contributed by atoms with van der Waals surface area (Å²) in [6, 6.07) is 15.1. The van der Waals surface area contributed by atoms with Crippen molar-refractivity contribution in [2.24, 2.45) is 7.05 Å². The van der Waals surface area contributed by atoms with Crippen LogP contribution in [-0.2, 0) is 24.7 Å². The highest BCUT2D eigenvalue weighted by molar-refractivity contribution is 7.09. The maximum Gasteiger partial charge on any atom is 0.271 e. The van der Waals surface area contributed by atoms with Crippen molar-refractivity contribution >= 4 is 29.0 Å². The molecule has 0 fully saturated rings. The SMILES string of the molecule is Cn1nc(C(=O)NCCc2cccs2)cc1NC(=O)Cc1ccccc1. The molecule has 26 heavy (non-hydrogen) atoms. The monoisotopic (exact) mass is 368 g/mol. The third kappa shape index (κ3) is 4.80. The lowest BCUT2D eigenvalue weighted by Gasteiger charge is -2.04. The number of aryl methyl sites for hydroxylation is 1. The number of amides is 2. The number of carbonyl (C=O) groups excluding carboxylic acids is 2. The minimum absolute atomic E-state index is 0.149. The number of aromatic nitrogens is 2. The van der Waals surface area contributed by atoms with E-state index in [1.54, 1.807) is 24.5 Å². The fourth-order valence-electron chi connectivity index (χ4n) is 2.51. The number of nitrogens with one attached hydrogen (secondary N) is 2. The zero-order valence-corrected chi connectivity index (χ0v) is 15.3. The van der Waals surface area contributed by atoms with Crippen LogP contribution in [0, 0.1) is 0 Å². The summed E-state index contributed by atoms with van der Waals surface area (Å²) in [5, 5.41) is 11.8. The van der Waals surface area contributed by atoms with Crippen molar-refractivity contribution in [1.82, 2.24) is 15.1 Å². The first-order valence-electron chi connectivity index (χ1n) is 8.30. The van der Waals surface area contributed by atoms with E-state index in [2.05, 4.69) is 15.7 Å². The molecule has 0 bridgehead atoms. The Hall–Kier alpha value is -2.93. The normalized spacial score (nSPS) is 10.5. The topological polar surface area (TPSA) is 76.0 Å². The minimum Gasteiger partial charge on any atom is -0.350 e. The van der Waals surface area contributed by atoms with Crippen molar-refractivity contribution in [3.8, 4) is 0 Å². The second kappa shape index (κ2) is 8.44. The molecule has 6 nitrogen and oxygen atoms in total. The maximum atomic E-state index is 12.2. The molecule has 0 unspecified atom stereocenters. The summed E-state index contributed by atoms with van der Waals surface area (Å²) in [6.45, 7) is 0.547. The maximum absolute atomic E-state index is 12.2. The van der Waals surface area contributed by atoms with E-state index in [1.165, 1.54) is 9.56 Å². The summed E-state index contributed by atoms with van der Waals surface area (Å²) >= 11 is 1.67. The Balaban J connectivity index is 1.54. The van der Waals surface area contributed by atoms with E-state index in [4.69, 9.17) is 0 Å². The van der Waals surface area contributed by atoms with Crippen molar-refractivity contribution < 1.29 is 9.59 Å². The molecule has 0 aliphatic heterocycles. The van der Waals surface area contributed by atoms with E-state index in [0.29, 0.717) is 12.4 Å². The van der Waals surface area contributed by atoms with Crippen molar-refractivity contribution in [1.29, 1.82) is 0 Å². The van der Waals surface area contributed by atoms with Gasteiger partial charge >= 0.3 is 0 Å². The number of hydrogen-bond donors (Lipinski definition) is 2. The van der Waals surface area contributed by atoms with Gasteiger partial charge < -0.3 is 10.6 Å². The van der Waals surface area contributed by atoms with Gasteiger partial charge in [-0.15, -0.1) is 11.3 Å². The highest BCUT2D eigenvalue weighted by Gasteiger charge is 2.14. The Morgan fingerprint density at radius 1 is 1.15 bits per heavy atom. The molecule has 0 saturated carbocycles. The van der Waals surface area contributed by atoms with Crippen LogP contribution in [0.25, 0.3) is 0 Å². The van der Waals surface area contributed by atoms with E-state index >= 15 is 0 Å². The average molecular weight is 368 g/mol. The molecule has 0 aliphatic carbocycles. The lowest BCUT2D eigenvalue weighted by atomic mass is 10.1. The van der Waals surface area contributed by atoms with Gasteiger partial charge in [-0.25, -0.2) is 0 Å². The van der Waals surface area contributed by atoms with E-state index in [9.17, 15) is 9.59 Å². The molecule has 0 saturated heterocycles. The highest BCUT2D eigenvalue weighted by Crippen LogP contribution is 2.11. The number of benzene rings is 1. The summed E-state index contributed by atoms with van der Waals surface area (Å²) in [5.41, 5.74) is 1.22. The van der Waals surface area contributed by atoms with Gasteiger partial charge in [-0.05, 0) is 23.4 Å². The molecule has 2 heterocycles. The fourth-order valence-corrected chi connectivity index (χ4v) is 3.22. The molecule has 0 radical (unpaired) electrons. The van der Waals surface area contributed by atoms with Crippen LogP contribution in [0.15, 0.2) is 53.9 Å². The average Bonchev–Trinajstić information content (AvgIpc) is 3.26. The molecule has 0 atom stereocenters. The van der Waals surface area contributed by atoms with Crippen LogP contribution in [0.2, 0.25) is 0 Å². The van der Waals surface area contributed by atoms with Gasteiger partial charge in [0.1, 0.15) is 5.82 Å². The molecular formula is C19H20N4O2S. The van der Waals surface area contributed by atoms with Gasteiger partial charge in [0.25, 0.3) is 5.91 Å². The van der Waals surface area contributed by atoms with Crippen molar-refractivity contribution in [2.75, 3.05) is 11.9 Å². The Morgan fingerprint density at radius 3 is 2.69 bits per heavy atom. The zero-order valence-electron chi connectivity index (χ0n) is 14.4. The summed E-state index contributed by atoms with van der Waals surface area (Å²) in [5.74, 6) is 0.0962. The number of rotatable bonds is 7. The molecule has 3 aromatic rings. The summed E-state index contributed by atoms with van der Waals surface area (Å²) in [7, 11) is 1.69. The molecule has 0 aliphatic rings. The van der Waals surface area contributed by atoms with Gasteiger partial charge in [0, 0.05) is 24.5 Å². The Bertz CT molecular complexity index is 872. The number of anilines is 1. The van der Waals surface area contributed by atoms with Gasteiger partial charge in [0.05, 0.1) is 6.42 Å². The molecule has 134 valence electrons. The van der Waals surface area contributed by atoms with Gasteiger partial charge in [-0.3, -0.25) is 14.3 Å². The predicted molar refractivity (Wildman–Crippen MR) is 102 cm³/mol. The highest BCUT2D eigenvalue weighted by atomic mass is 32.1. The number of thiophene rings is 1. The summed E-state index contributed by atoms with van der Waals surface area (Å²) < 4.78 is 1.50. The van der Waals surface area contributed by atoms with Crippen LogP contribution in [0.3, 0.4) is 0 Å². The molecule has 1 aromatic carbocycles. The lowest BCUT2D eigenvalue weighted by Crippen LogP contribution is -2.26. The van der Waals surface area contributed by atoms with Crippen molar-refractivity contribution in [2.45, 2.75) is 12.8 Å². The minimum atomic E-state index is -0.249. The third-order valence-electron chi connectivity index (χ3n) is 3.82. The Kier molecular flexibility index (Phi) is 5.80. The molecule has 3 rings (SSSR count). The second-order valence-corrected chi connectivity index (χ2v) is 6.87. The first-order chi connectivity index (χ1) is 12.6. The first kappa shape index (κ1) is 17.9. The fraction of sp³-hybridized carbons (Fsp3) is 0.211. The number of nitrogens with zero attached hydrogens (tertiary/aromatic N) is 2. The number of hydrogen-bond acceptors (Lipinski definition) is 4. The molecule has 2 N–H and O–H groups in total. The lowest BCUT2D eigenvalue weighted by molar-refractivity contribution is -0.115. The predicted octanol–water partition coefficient (Wildman–Crippen LogP) is 2.64. The van der Waals surface area contributed by atoms with Crippen molar-refractivity contribution in [3.63, 3.8) is 0 Å². The zero-order chi connectivity index (χ0) is 18.4. The van der Waals surface area contributed by atoms with E-state index in [-0.39, 0.29) is 23.9 Å². The van der Waals surface area contributed by atoms with Gasteiger partial charge in [-0.1, -0.05) is 36.4 Å². The van der Waals surface area contributed by atoms with E-state index in [1.807, 2.05) is 47.8 Å². The molecule has 7 heteroatoms. The van der Waals surface area contributed by atoms with Crippen LogP contribution in [-0.4, -0.2) is 28.1 Å². The molecule has 2 aromatic heterocycles. The second-order valence-electron chi connectivity index (χ2n) is 5.83. The van der Waals surface area contributed by atoms with Crippen LogP contribution in [0.5, 0.6) is 0 Å². The molecule has 0 spiro atoms. The quantitative estimate of drug-likeness (QED) is 0.673. The Morgan fingerprint density at radius 2 is 1.96 bits per heavy atom. The third-order valence-corrected chi connectivity index (χ3v) is 4.76. The molecular weight excluding hydrogens is 348 g/mol. The largest absolute Gasteiger partial charge is 0.350 e. The Labute approximate surface area is 155 Å². The van der Waals surface area contributed by atoms with Crippen LogP contribution < -0.4 is 10.6 Å². The van der Waals surface area contributed by atoms with E-state index in [0.717, 1.165) is 12.0 Å². The summed E-state index contributed by atoms with van der Waals surface area (Å²) in [4.78, 5) is 25.6. The smallest absolute Gasteiger partial charge is 0.271 e. The van der Waals surface area contributed by atoms with Crippen LogP contribution in [0.1, 0.15) is 20.9 Å². The standard InChI is InChI=1S/C19H20N4O2S/c1-23-17(21-18(24)12-14-6-3-2-4-7-14)13-16(22-23)19(25)20-10-9-15-8-5-11-26-15/h2-8,11,13H,9-10,12H2,1H3,(H,20,25)(H,21,24). The van der Waals surface area contributed by atoms with Gasteiger partial charge in [0.15, 0.2) is 5.69 Å².